The van der Waals surface area contributed by atoms with Gasteiger partial charge in [0.15, 0.2) is 11.7 Å². The van der Waals surface area contributed by atoms with Crippen LogP contribution in [-0.2, 0) is 0 Å². The van der Waals surface area contributed by atoms with Gasteiger partial charge in [0.2, 0.25) is 0 Å². The normalized spacial score (nSPS) is 13.8. The molecule has 0 unspecified atom stereocenters. The minimum absolute atomic E-state index is 0.881. The highest BCUT2D eigenvalue weighted by Gasteiger charge is 2.01. The first-order valence-corrected chi connectivity index (χ1v) is 3.64. The maximum atomic E-state index is 4.10. The molecule has 0 spiro atoms. The SMILES string of the molecule is C1=[N+]=c2ncsc2=CC1. The molecule has 0 amide bonds. The van der Waals surface area contributed by atoms with Gasteiger partial charge in [-0.15, -0.1) is 0 Å². The first-order valence-electron chi connectivity index (χ1n) is 2.76. The summed E-state index contributed by atoms with van der Waals surface area (Å²) < 4.78 is 5.30. The van der Waals surface area contributed by atoms with Crippen LogP contribution in [0.3, 0.4) is 0 Å². The summed E-state index contributed by atoms with van der Waals surface area (Å²) in [5, 5.41) is 0. The Morgan fingerprint density at radius 2 is 2.67 bits per heavy atom. The molecular weight excluding hydrogens is 132 g/mol. The third kappa shape index (κ3) is 0.707. The van der Waals surface area contributed by atoms with Crippen molar-refractivity contribution in [1.29, 1.82) is 0 Å². The Hall–Kier alpha value is -0.920. The lowest BCUT2D eigenvalue weighted by Crippen LogP contribution is -2.26. The van der Waals surface area contributed by atoms with E-state index in [2.05, 4.69) is 15.7 Å². The van der Waals surface area contributed by atoms with Crippen LogP contribution >= 0.6 is 11.3 Å². The standard InChI is InChI=1S/C6H5N2S/c1-2-5-6(7-3-1)8-4-9-5/h2-4H,1H2/q+1. The van der Waals surface area contributed by atoms with Crippen molar-refractivity contribution < 1.29 is 0 Å². The van der Waals surface area contributed by atoms with Gasteiger partial charge in [-0.25, -0.2) is 4.67 Å². The van der Waals surface area contributed by atoms with E-state index in [9.17, 15) is 0 Å². The summed E-state index contributed by atoms with van der Waals surface area (Å²) in [6.07, 6.45) is 4.97. The van der Waals surface area contributed by atoms with Gasteiger partial charge in [0.1, 0.15) is 4.53 Å². The Balaban J connectivity index is 3.09. The molecule has 9 heavy (non-hydrogen) atoms. The van der Waals surface area contributed by atoms with Crippen LogP contribution in [0.4, 0.5) is 0 Å². The fraction of sp³-hybridized carbons (Fsp3) is 0.167. The van der Waals surface area contributed by atoms with Gasteiger partial charge >= 0.3 is 5.49 Å². The lowest BCUT2D eigenvalue weighted by Gasteiger charge is -1.71. The second kappa shape index (κ2) is 1.79. The molecule has 0 saturated heterocycles. The van der Waals surface area contributed by atoms with Gasteiger partial charge in [-0.2, -0.15) is 0 Å². The van der Waals surface area contributed by atoms with Crippen LogP contribution in [0.2, 0.25) is 0 Å². The molecule has 0 saturated carbocycles. The monoisotopic (exact) mass is 137 g/mol. The van der Waals surface area contributed by atoms with Gasteiger partial charge in [-0.3, -0.25) is 0 Å². The molecule has 0 aliphatic carbocycles. The van der Waals surface area contributed by atoms with E-state index in [1.165, 1.54) is 4.53 Å². The fourth-order valence-corrected chi connectivity index (χ4v) is 1.45. The van der Waals surface area contributed by atoms with Crippen molar-refractivity contribution in [3.8, 4) is 0 Å². The zero-order valence-corrected chi connectivity index (χ0v) is 5.56. The van der Waals surface area contributed by atoms with Crippen LogP contribution in [0.5, 0.6) is 0 Å². The van der Waals surface area contributed by atoms with E-state index in [4.69, 9.17) is 0 Å². The van der Waals surface area contributed by atoms with Gasteiger partial charge in [-0.05, 0) is 11.1 Å². The number of fused-ring (bicyclic) bond motifs is 1. The van der Waals surface area contributed by atoms with E-state index in [1.54, 1.807) is 11.3 Å². The predicted octanol–water partition coefficient (Wildman–Crippen LogP) is -0.915. The zero-order valence-electron chi connectivity index (χ0n) is 4.74. The maximum absolute atomic E-state index is 4.10. The second-order valence-corrected chi connectivity index (χ2v) is 2.68. The summed E-state index contributed by atoms with van der Waals surface area (Å²) in [7, 11) is 0. The molecule has 0 N–H and O–H groups in total. The third-order valence-electron chi connectivity index (χ3n) is 1.20. The highest BCUT2D eigenvalue weighted by molar-refractivity contribution is 7.07. The Labute approximate surface area is 55.9 Å². The van der Waals surface area contributed by atoms with E-state index in [1.807, 2.05) is 11.7 Å². The van der Waals surface area contributed by atoms with Gasteiger partial charge < -0.3 is 0 Å². The molecule has 44 valence electrons. The number of thiazole rings is 1. The number of hydrogen-bond acceptors (Lipinski definition) is 2. The molecule has 0 aromatic carbocycles. The van der Waals surface area contributed by atoms with Crippen molar-refractivity contribution in [3.05, 3.63) is 15.5 Å². The van der Waals surface area contributed by atoms with Crippen LogP contribution in [0.15, 0.2) is 5.51 Å². The first kappa shape index (κ1) is 4.91. The summed E-state index contributed by atoms with van der Waals surface area (Å²) in [5.74, 6) is 0. The Bertz CT molecular complexity index is 357. The summed E-state index contributed by atoms with van der Waals surface area (Å²) in [5.41, 5.74) is 2.70. The summed E-state index contributed by atoms with van der Waals surface area (Å²) in [6, 6.07) is 0. The molecule has 0 radical (unpaired) electrons. The highest BCUT2D eigenvalue weighted by atomic mass is 32.1. The van der Waals surface area contributed by atoms with E-state index < -0.39 is 0 Å². The lowest BCUT2D eigenvalue weighted by molar-refractivity contribution is 1.17. The Morgan fingerprint density at radius 1 is 1.67 bits per heavy atom. The molecule has 1 aromatic heterocycles. The van der Waals surface area contributed by atoms with Gasteiger partial charge in [0, 0.05) is 6.42 Å². The van der Waals surface area contributed by atoms with Crippen LogP contribution in [0.25, 0.3) is 6.08 Å². The molecule has 0 fully saturated rings. The van der Waals surface area contributed by atoms with Crippen molar-refractivity contribution in [3.63, 3.8) is 0 Å². The molecular formula is C6H5N2S+. The zero-order chi connectivity index (χ0) is 6.10. The minimum Gasteiger partial charge on any atom is -0.210 e. The van der Waals surface area contributed by atoms with Crippen molar-refractivity contribution in [1.82, 2.24) is 9.65 Å². The molecule has 3 heteroatoms. The maximum Gasteiger partial charge on any atom is 0.432 e. The largest absolute Gasteiger partial charge is 0.432 e. The van der Waals surface area contributed by atoms with Crippen molar-refractivity contribution in [2.45, 2.75) is 6.42 Å². The molecule has 2 nitrogen and oxygen atoms in total. The molecule has 0 atom stereocenters. The average Bonchev–Trinajstić information content (AvgIpc) is 2.33. The van der Waals surface area contributed by atoms with E-state index >= 15 is 0 Å². The molecule has 0 bridgehead atoms. The highest BCUT2D eigenvalue weighted by Crippen LogP contribution is 1.79. The minimum atomic E-state index is 0.881. The van der Waals surface area contributed by atoms with Crippen LogP contribution in [0.1, 0.15) is 6.42 Å². The lowest BCUT2D eigenvalue weighted by atomic mass is 10.4. The number of nitrogens with zero attached hydrogens (tertiary/aromatic N) is 2. The summed E-state index contributed by atoms with van der Waals surface area (Å²) in [4.78, 5) is 4.05. The molecule has 1 aliphatic rings. The van der Waals surface area contributed by atoms with Crippen molar-refractivity contribution in [2.75, 3.05) is 0 Å². The summed E-state index contributed by atoms with van der Waals surface area (Å²) in [6.45, 7) is 0. The number of aromatic nitrogens is 1. The molecule has 1 aromatic rings. The van der Waals surface area contributed by atoms with E-state index in [0.717, 1.165) is 11.9 Å². The van der Waals surface area contributed by atoms with E-state index in [-0.39, 0.29) is 0 Å². The fourth-order valence-electron chi connectivity index (χ4n) is 0.785. The average molecular weight is 137 g/mol. The Kier molecular flexibility index (Phi) is 0.979. The number of hydrogen-bond donors (Lipinski definition) is 0. The summed E-state index contributed by atoms with van der Waals surface area (Å²) >= 11 is 1.64. The third-order valence-corrected chi connectivity index (χ3v) is 2.01. The van der Waals surface area contributed by atoms with Gasteiger partial charge in [0.25, 0.3) is 0 Å². The van der Waals surface area contributed by atoms with Gasteiger partial charge in [-0.1, -0.05) is 11.3 Å². The molecule has 2 rings (SSSR count). The van der Waals surface area contributed by atoms with E-state index in [0.29, 0.717) is 0 Å². The topological polar surface area (TPSA) is 27.0 Å². The molecule has 2 heterocycles. The van der Waals surface area contributed by atoms with Crippen LogP contribution in [-0.4, -0.2) is 11.2 Å². The quantitative estimate of drug-likeness (QED) is 0.425. The van der Waals surface area contributed by atoms with Crippen LogP contribution < -0.4 is 14.7 Å². The van der Waals surface area contributed by atoms with Crippen molar-refractivity contribution >= 4 is 23.6 Å². The van der Waals surface area contributed by atoms with Crippen LogP contribution in [0, 0.1) is 0 Å². The Morgan fingerprint density at radius 3 is 3.56 bits per heavy atom. The van der Waals surface area contributed by atoms with Gasteiger partial charge in [0.05, 0.1) is 0 Å². The molecule has 1 aliphatic heterocycles. The number of rotatable bonds is 0. The van der Waals surface area contributed by atoms with Crippen molar-refractivity contribution in [2.24, 2.45) is 0 Å². The second-order valence-electron chi connectivity index (χ2n) is 1.79. The predicted molar refractivity (Wildman–Crippen MR) is 37.7 cm³/mol. The smallest absolute Gasteiger partial charge is 0.210 e. The first-order chi connectivity index (χ1) is 4.47.